The minimum Gasteiger partial charge on any atom is -0.321 e. The van der Waals surface area contributed by atoms with E-state index in [1.54, 1.807) is 53.1 Å². The Morgan fingerprint density at radius 3 is 2.87 bits per heavy atom. The van der Waals surface area contributed by atoms with E-state index in [2.05, 4.69) is 41.3 Å². The van der Waals surface area contributed by atoms with Crippen molar-refractivity contribution in [2.24, 2.45) is 0 Å². The fourth-order valence-electron chi connectivity index (χ4n) is 2.02. The van der Waals surface area contributed by atoms with E-state index in [1.165, 1.54) is 0 Å². The van der Waals surface area contributed by atoms with Crippen LogP contribution in [0, 0.1) is 0 Å². The summed E-state index contributed by atoms with van der Waals surface area (Å²) >= 11 is 1.63. The molecule has 0 aliphatic heterocycles. The van der Waals surface area contributed by atoms with E-state index < -0.39 is 0 Å². The van der Waals surface area contributed by atoms with Crippen molar-refractivity contribution >= 4 is 29.0 Å². The van der Waals surface area contributed by atoms with Gasteiger partial charge in [-0.1, -0.05) is 20.8 Å². The lowest BCUT2D eigenvalue weighted by Gasteiger charge is -2.16. The second-order valence-corrected chi connectivity index (χ2v) is 7.91. The number of amides is 1. The summed E-state index contributed by atoms with van der Waals surface area (Å²) in [6.45, 7) is 6.33. The van der Waals surface area contributed by atoms with Crippen LogP contribution in [0.1, 0.15) is 31.1 Å². The van der Waals surface area contributed by atoms with Crippen LogP contribution >= 0.6 is 11.8 Å². The molecular weight excluding hydrogens is 310 g/mol. The van der Waals surface area contributed by atoms with E-state index in [4.69, 9.17) is 0 Å². The van der Waals surface area contributed by atoms with Gasteiger partial charge in [-0.3, -0.25) is 9.20 Å². The van der Waals surface area contributed by atoms with Gasteiger partial charge in [-0.2, -0.15) is 0 Å². The van der Waals surface area contributed by atoms with Gasteiger partial charge in [-0.15, -0.1) is 22.0 Å². The molecular formula is C16H17N5OS. The van der Waals surface area contributed by atoms with Gasteiger partial charge in [-0.05, 0) is 24.3 Å². The zero-order valence-electron chi connectivity index (χ0n) is 13.1. The summed E-state index contributed by atoms with van der Waals surface area (Å²) in [6, 6.07) is 7.12. The van der Waals surface area contributed by atoms with Gasteiger partial charge < -0.3 is 5.32 Å². The smallest absolute Gasteiger partial charge is 0.255 e. The molecule has 0 bridgehead atoms. The van der Waals surface area contributed by atoms with Crippen molar-refractivity contribution in [2.45, 2.75) is 30.5 Å². The van der Waals surface area contributed by atoms with E-state index in [1.807, 2.05) is 6.07 Å². The third-order valence-corrected chi connectivity index (χ3v) is 4.00. The van der Waals surface area contributed by atoms with Crippen molar-refractivity contribution < 1.29 is 4.79 Å². The summed E-state index contributed by atoms with van der Waals surface area (Å²) in [4.78, 5) is 16.7. The van der Waals surface area contributed by atoms with Crippen LogP contribution in [0.2, 0.25) is 0 Å². The minimum absolute atomic E-state index is 0.0432. The molecule has 0 atom stereocenters. The summed E-state index contributed by atoms with van der Waals surface area (Å²) in [6.07, 6.45) is 5.03. The Morgan fingerprint density at radius 1 is 1.26 bits per heavy atom. The SMILES string of the molecule is CC(C)(C)Sc1cc(C(=O)Nc2ccc3nncn3c2)ccn1. The quantitative estimate of drug-likeness (QED) is 0.748. The fraction of sp³-hybridized carbons (Fsp3) is 0.250. The van der Waals surface area contributed by atoms with Crippen LogP contribution < -0.4 is 5.32 Å². The molecule has 118 valence electrons. The zero-order valence-corrected chi connectivity index (χ0v) is 14.0. The molecule has 3 heterocycles. The van der Waals surface area contributed by atoms with Gasteiger partial charge in [0, 0.05) is 22.7 Å². The van der Waals surface area contributed by atoms with Gasteiger partial charge in [0.1, 0.15) is 6.33 Å². The fourth-order valence-corrected chi connectivity index (χ4v) is 2.95. The molecule has 1 amide bonds. The van der Waals surface area contributed by atoms with Gasteiger partial charge in [0.2, 0.25) is 0 Å². The lowest BCUT2D eigenvalue weighted by atomic mass is 10.2. The standard InChI is InChI=1S/C16H17N5OS/c1-16(2,3)23-14-8-11(6-7-17-14)15(22)19-12-4-5-13-20-18-10-21(13)9-12/h4-10H,1-3H3,(H,19,22). The Hall–Kier alpha value is -2.41. The summed E-state index contributed by atoms with van der Waals surface area (Å²) in [7, 11) is 0. The number of fused-ring (bicyclic) bond motifs is 1. The number of nitrogens with one attached hydrogen (secondary N) is 1. The Balaban J connectivity index is 1.78. The van der Waals surface area contributed by atoms with Crippen LogP contribution in [0.25, 0.3) is 5.65 Å². The van der Waals surface area contributed by atoms with E-state index in [9.17, 15) is 4.79 Å². The van der Waals surface area contributed by atoms with E-state index in [-0.39, 0.29) is 10.7 Å². The summed E-state index contributed by atoms with van der Waals surface area (Å²) < 4.78 is 1.80. The molecule has 0 fully saturated rings. The lowest BCUT2D eigenvalue weighted by Crippen LogP contribution is -2.13. The van der Waals surface area contributed by atoms with Gasteiger partial charge >= 0.3 is 0 Å². The Bertz CT molecular complexity index is 853. The monoisotopic (exact) mass is 327 g/mol. The maximum absolute atomic E-state index is 12.4. The highest BCUT2D eigenvalue weighted by atomic mass is 32.2. The average molecular weight is 327 g/mol. The highest BCUT2D eigenvalue weighted by molar-refractivity contribution is 8.00. The number of hydrogen-bond donors (Lipinski definition) is 1. The van der Waals surface area contributed by atoms with Crippen LogP contribution in [0.5, 0.6) is 0 Å². The van der Waals surface area contributed by atoms with Crippen molar-refractivity contribution in [1.29, 1.82) is 0 Å². The first-order chi connectivity index (χ1) is 10.9. The molecule has 6 nitrogen and oxygen atoms in total. The van der Waals surface area contributed by atoms with Crippen molar-refractivity contribution in [3.63, 3.8) is 0 Å². The second kappa shape index (κ2) is 6.00. The Morgan fingerprint density at radius 2 is 2.09 bits per heavy atom. The molecule has 0 aliphatic rings. The third-order valence-electron chi connectivity index (χ3n) is 2.96. The number of pyridine rings is 2. The molecule has 23 heavy (non-hydrogen) atoms. The summed E-state index contributed by atoms with van der Waals surface area (Å²) in [5, 5.41) is 11.5. The van der Waals surface area contributed by atoms with Crippen molar-refractivity contribution in [1.82, 2.24) is 19.6 Å². The van der Waals surface area contributed by atoms with Gasteiger partial charge in [0.15, 0.2) is 5.65 Å². The molecule has 0 unspecified atom stereocenters. The third kappa shape index (κ3) is 3.87. The number of carbonyl (C=O) groups excluding carboxylic acids is 1. The molecule has 0 spiro atoms. The Labute approximate surface area is 138 Å². The van der Waals surface area contributed by atoms with Crippen LogP contribution in [-0.4, -0.2) is 30.2 Å². The zero-order chi connectivity index (χ0) is 16.4. The molecule has 0 radical (unpaired) electrons. The first kappa shape index (κ1) is 15.5. The number of carbonyl (C=O) groups is 1. The van der Waals surface area contributed by atoms with Gasteiger partial charge in [-0.25, -0.2) is 4.98 Å². The van der Waals surface area contributed by atoms with Crippen LogP contribution in [0.4, 0.5) is 5.69 Å². The first-order valence-corrected chi connectivity index (χ1v) is 7.98. The van der Waals surface area contributed by atoms with Crippen molar-refractivity contribution in [3.8, 4) is 0 Å². The van der Waals surface area contributed by atoms with Gasteiger partial charge in [0.05, 0.1) is 10.7 Å². The second-order valence-electron chi connectivity index (χ2n) is 6.07. The molecule has 0 saturated heterocycles. The maximum atomic E-state index is 12.4. The first-order valence-electron chi connectivity index (χ1n) is 7.16. The van der Waals surface area contributed by atoms with E-state index >= 15 is 0 Å². The number of hydrogen-bond acceptors (Lipinski definition) is 5. The molecule has 3 aromatic heterocycles. The highest BCUT2D eigenvalue weighted by Gasteiger charge is 2.15. The van der Waals surface area contributed by atoms with E-state index in [0.717, 1.165) is 10.7 Å². The van der Waals surface area contributed by atoms with Crippen LogP contribution in [0.15, 0.2) is 48.0 Å². The Kier molecular flexibility index (Phi) is 4.04. The summed E-state index contributed by atoms with van der Waals surface area (Å²) in [5.74, 6) is -0.171. The number of thioether (sulfide) groups is 1. The largest absolute Gasteiger partial charge is 0.321 e. The number of anilines is 1. The number of nitrogens with zero attached hydrogens (tertiary/aromatic N) is 4. The van der Waals surface area contributed by atoms with Crippen molar-refractivity contribution in [2.75, 3.05) is 5.32 Å². The normalized spacial score (nSPS) is 11.6. The molecule has 3 rings (SSSR count). The molecule has 0 aliphatic carbocycles. The van der Waals surface area contributed by atoms with Crippen LogP contribution in [0.3, 0.4) is 0 Å². The molecule has 7 heteroatoms. The van der Waals surface area contributed by atoms with Crippen LogP contribution in [-0.2, 0) is 0 Å². The molecule has 3 aromatic rings. The molecule has 0 saturated carbocycles. The van der Waals surface area contributed by atoms with Crippen molar-refractivity contribution in [3.05, 3.63) is 48.5 Å². The number of aromatic nitrogens is 4. The minimum atomic E-state index is -0.171. The highest BCUT2D eigenvalue weighted by Crippen LogP contribution is 2.30. The predicted molar refractivity (Wildman–Crippen MR) is 90.8 cm³/mol. The topological polar surface area (TPSA) is 72.2 Å². The maximum Gasteiger partial charge on any atom is 0.255 e. The molecule has 1 N–H and O–H groups in total. The number of rotatable bonds is 3. The summed E-state index contributed by atoms with van der Waals surface area (Å²) in [5.41, 5.74) is 2.00. The lowest BCUT2D eigenvalue weighted by molar-refractivity contribution is 0.102. The van der Waals surface area contributed by atoms with E-state index in [0.29, 0.717) is 11.3 Å². The average Bonchev–Trinajstić information content (AvgIpc) is 2.93. The molecule has 0 aromatic carbocycles. The van der Waals surface area contributed by atoms with Gasteiger partial charge in [0.25, 0.3) is 5.91 Å². The predicted octanol–water partition coefficient (Wildman–Crippen LogP) is 3.27.